The highest BCUT2D eigenvalue weighted by Crippen LogP contribution is 2.51. The molecule has 1 aliphatic carbocycles. The van der Waals surface area contributed by atoms with Crippen molar-refractivity contribution < 1.29 is 5.11 Å². The SMILES string of the molecule is CC(C)(C)C1CCC(C#N)(C2(O)CNC2)CC1. The van der Waals surface area contributed by atoms with Crippen LogP contribution < -0.4 is 5.32 Å². The number of nitriles is 1. The normalized spacial score (nSPS) is 37.0. The lowest BCUT2D eigenvalue weighted by Gasteiger charge is -2.52. The van der Waals surface area contributed by atoms with E-state index in [1.54, 1.807) is 0 Å². The first-order valence-corrected chi connectivity index (χ1v) is 6.67. The van der Waals surface area contributed by atoms with Gasteiger partial charge in [-0.25, -0.2) is 0 Å². The van der Waals surface area contributed by atoms with Gasteiger partial charge in [-0.2, -0.15) is 5.26 Å². The molecule has 1 heterocycles. The van der Waals surface area contributed by atoms with Gasteiger partial charge in [0.1, 0.15) is 5.60 Å². The summed E-state index contributed by atoms with van der Waals surface area (Å²) >= 11 is 0. The third-order valence-electron chi connectivity index (χ3n) is 5.00. The molecule has 0 aromatic heterocycles. The molecular weight excluding hydrogens is 212 g/mol. The summed E-state index contributed by atoms with van der Waals surface area (Å²) in [6, 6.07) is 2.44. The smallest absolute Gasteiger partial charge is 0.108 e. The average Bonchev–Trinajstić information content (AvgIpc) is 2.24. The molecule has 2 N–H and O–H groups in total. The molecule has 2 aliphatic rings. The number of hydrogen-bond acceptors (Lipinski definition) is 3. The zero-order chi connectivity index (χ0) is 12.7. The number of hydrogen-bond donors (Lipinski definition) is 2. The zero-order valence-corrected chi connectivity index (χ0v) is 11.2. The van der Waals surface area contributed by atoms with Crippen LogP contribution in [0, 0.1) is 28.1 Å². The summed E-state index contributed by atoms with van der Waals surface area (Å²) in [6.45, 7) is 7.99. The molecule has 0 aromatic rings. The van der Waals surface area contributed by atoms with Crippen LogP contribution in [0.3, 0.4) is 0 Å². The third kappa shape index (κ3) is 1.98. The molecule has 2 fully saturated rings. The van der Waals surface area contributed by atoms with E-state index in [9.17, 15) is 10.4 Å². The van der Waals surface area contributed by atoms with Crippen molar-refractivity contribution in [2.75, 3.05) is 13.1 Å². The van der Waals surface area contributed by atoms with E-state index in [1.165, 1.54) is 0 Å². The lowest BCUT2D eigenvalue weighted by atomic mass is 9.57. The molecule has 2 rings (SSSR count). The van der Waals surface area contributed by atoms with E-state index in [0.717, 1.165) is 25.7 Å². The molecule has 0 spiro atoms. The molecule has 3 heteroatoms. The fourth-order valence-corrected chi connectivity index (χ4v) is 3.36. The molecule has 0 unspecified atom stereocenters. The van der Waals surface area contributed by atoms with E-state index in [4.69, 9.17) is 0 Å². The van der Waals surface area contributed by atoms with Gasteiger partial charge < -0.3 is 10.4 Å². The predicted molar refractivity (Wildman–Crippen MR) is 67.3 cm³/mol. The zero-order valence-electron chi connectivity index (χ0n) is 11.2. The van der Waals surface area contributed by atoms with Gasteiger partial charge in [0.25, 0.3) is 0 Å². The summed E-state index contributed by atoms with van der Waals surface area (Å²) in [5, 5.41) is 23.1. The number of nitrogens with one attached hydrogen (secondary N) is 1. The first-order chi connectivity index (χ1) is 7.83. The maximum atomic E-state index is 10.5. The summed E-state index contributed by atoms with van der Waals surface area (Å²) < 4.78 is 0. The van der Waals surface area contributed by atoms with Crippen LogP contribution in [0.4, 0.5) is 0 Å². The van der Waals surface area contributed by atoms with Gasteiger partial charge in [-0.15, -0.1) is 0 Å². The maximum Gasteiger partial charge on any atom is 0.108 e. The minimum absolute atomic E-state index is 0.322. The van der Waals surface area contributed by atoms with Crippen molar-refractivity contribution in [1.29, 1.82) is 5.26 Å². The van der Waals surface area contributed by atoms with Gasteiger partial charge in [-0.05, 0) is 37.0 Å². The average molecular weight is 236 g/mol. The first-order valence-electron chi connectivity index (χ1n) is 6.67. The van der Waals surface area contributed by atoms with Gasteiger partial charge >= 0.3 is 0 Å². The van der Waals surface area contributed by atoms with Crippen LogP contribution >= 0.6 is 0 Å². The Morgan fingerprint density at radius 1 is 1.24 bits per heavy atom. The summed E-state index contributed by atoms with van der Waals surface area (Å²) in [6.07, 6.45) is 3.84. The molecule has 1 aliphatic heterocycles. The van der Waals surface area contributed by atoms with Crippen molar-refractivity contribution in [3.8, 4) is 6.07 Å². The van der Waals surface area contributed by atoms with Gasteiger partial charge in [-0.3, -0.25) is 0 Å². The number of nitrogens with zero attached hydrogens (tertiary/aromatic N) is 1. The van der Waals surface area contributed by atoms with Crippen LogP contribution in [0.15, 0.2) is 0 Å². The third-order valence-corrected chi connectivity index (χ3v) is 5.00. The lowest BCUT2D eigenvalue weighted by molar-refractivity contribution is -0.116. The largest absolute Gasteiger partial charge is 0.386 e. The van der Waals surface area contributed by atoms with Gasteiger partial charge in [-0.1, -0.05) is 20.8 Å². The van der Waals surface area contributed by atoms with Crippen LogP contribution in [0.25, 0.3) is 0 Å². The van der Waals surface area contributed by atoms with Crippen LogP contribution in [0.1, 0.15) is 46.5 Å². The van der Waals surface area contributed by atoms with Crippen molar-refractivity contribution in [3.05, 3.63) is 0 Å². The highest BCUT2D eigenvalue weighted by molar-refractivity contribution is 5.18. The van der Waals surface area contributed by atoms with Gasteiger partial charge in [0.2, 0.25) is 0 Å². The van der Waals surface area contributed by atoms with Crippen molar-refractivity contribution in [3.63, 3.8) is 0 Å². The molecule has 17 heavy (non-hydrogen) atoms. The highest BCUT2D eigenvalue weighted by atomic mass is 16.3. The van der Waals surface area contributed by atoms with Crippen molar-refractivity contribution in [2.24, 2.45) is 16.7 Å². The van der Waals surface area contributed by atoms with Crippen LogP contribution in [-0.2, 0) is 0 Å². The first kappa shape index (κ1) is 12.9. The molecule has 1 saturated carbocycles. The van der Waals surface area contributed by atoms with Gasteiger partial charge in [0, 0.05) is 13.1 Å². The molecule has 0 aromatic carbocycles. The van der Waals surface area contributed by atoms with E-state index < -0.39 is 11.0 Å². The number of rotatable bonds is 1. The Bertz CT molecular complexity index is 325. The Morgan fingerprint density at radius 3 is 2.06 bits per heavy atom. The second kappa shape index (κ2) is 3.96. The Hall–Kier alpha value is -0.590. The second-order valence-corrected chi connectivity index (χ2v) is 6.97. The van der Waals surface area contributed by atoms with E-state index in [1.807, 2.05) is 0 Å². The Morgan fingerprint density at radius 2 is 1.76 bits per heavy atom. The minimum atomic E-state index is -0.773. The monoisotopic (exact) mass is 236 g/mol. The summed E-state index contributed by atoms with van der Waals surface area (Å²) in [7, 11) is 0. The van der Waals surface area contributed by atoms with Crippen LogP contribution in [0.5, 0.6) is 0 Å². The maximum absolute atomic E-state index is 10.5. The van der Waals surface area contributed by atoms with Gasteiger partial charge in [0.15, 0.2) is 0 Å². The summed E-state index contributed by atoms with van der Waals surface area (Å²) in [5.74, 6) is 0.681. The molecule has 0 bridgehead atoms. The van der Waals surface area contributed by atoms with E-state index in [2.05, 4.69) is 32.2 Å². The van der Waals surface area contributed by atoms with Crippen LogP contribution in [-0.4, -0.2) is 23.8 Å². The Kier molecular flexibility index (Phi) is 3.00. The topological polar surface area (TPSA) is 56.0 Å². The predicted octanol–water partition coefficient (Wildman–Crippen LogP) is 2.07. The Labute approximate surface area is 104 Å². The summed E-state index contributed by atoms with van der Waals surface area (Å²) in [4.78, 5) is 0. The summed E-state index contributed by atoms with van der Waals surface area (Å²) in [5.41, 5.74) is -0.952. The lowest BCUT2D eigenvalue weighted by Crippen LogP contribution is -2.68. The molecule has 3 nitrogen and oxygen atoms in total. The molecule has 1 saturated heterocycles. The molecule has 0 radical (unpaired) electrons. The van der Waals surface area contributed by atoms with Gasteiger partial charge in [0.05, 0.1) is 11.5 Å². The second-order valence-electron chi connectivity index (χ2n) is 6.97. The fourth-order valence-electron chi connectivity index (χ4n) is 3.36. The molecule has 96 valence electrons. The molecule has 0 atom stereocenters. The van der Waals surface area contributed by atoms with Crippen LogP contribution in [0.2, 0.25) is 0 Å². The van der Waals surface area contributed by atoms with Crippen molar-refractivity contribution in [1.82, 2.24) is 5.32 Å². The highest BCUT2D eigenvalue weighted by Gasteiger charge is 2.56. The molecular formula is C14H24N2O. The number of β-amino-alcohol motifs (C(OH)–C–C–N with tert-alkyl or cyclic N) is 1. The quantitative estimate of drug-likeness (QED) is 0.733. The standard InChI is InChI=1S/C14H24N2O/c1-12(2,3)11-4-6-13(8-15,7-5-11)14(17)9-16-10-14/h11,16-17H,4-7,9-10H2,1-3H3. The number of aliphatic hydroxyl groups is 1. The van der Waals surface area contributed by atoms with E-state index in [-0.39, 0.29) is 0 Å². The van der Waals surface area contributed by atoms with E-state index >= 15 is 0 Å². The Balaban J connectivity index is 2.08. The van der Waals surface area contributed by atoms with E-state index in [0.29, 0.717) is 24.4 Å². The minimum Gasteiger partial charge on any atom is -0.386 e. The molecule has 0 amide bonds. The van der Waals surface area contributed by atoms with Crippen molar-refractivity contribution >= 4 is 0 Å². The van der Waals surface area contributed by atoms with Crippen molar-refractivity contribution in [2.45, 2.75) is 52.1 Å². The fraction of sp³-hybridized carbons (Fsp3) is 0.929.